The zero-order valence-electron chi connectivity index (χ0n) is 13.4. The summed E-state index contributed by atoms with van der Waals surface area (Å²) in [5.74, 6) is 0.399. The van der Waals surface area contributed by atoms with Gasteiger partial charge in [0, 0.05) is 36.6 Å². The first-order chi connectivity index (χ1) is 9.72. The summed E-state index contributed by atoms with van der Waals surface area (Å²) in [4.78, 5) is 2.43. The number of rotatable bonds is 3. The fraction of sp³-hybridized carbons (Fsp3) is 0.294. The van der Waals surface area contributed by atoms with Crippen molar-refractivity contribution in [1.82, 2.24) is 4.90 Å². The first-order valence-electron chi connectivity index (χ1n) is 7.00. The maximum absolute atomic E-state index is 6.32. The minimum absolute atomic E-state index is 0. The number of nitrogens with zero attached hydrogens (tertiary/aromatic N) is 1. The minimum atomic E-state index is 0. The Bertz CT molecular complexity index is 571. The second-order valence-electron chi connectivity index (χ2n) is 5.50. The summed E-state index contributed by atoms with van der Waals surface area (Å²) in [5, 5.41) is 0.779. The summed E-state index contributed by atoms with van der Waals surface area (Å²) in [6, 6.07) is 18.8. The fourth-order valence-electron chi connectivity index (χ4n) is 2.95. The quantitative estimate of drug-likeness (QED) is 0.446. The van der Waals surface area contributed by atoms with Crippen molar-refractivity contribution in [3.05, 3.63) is 70.7 Å². The van der Waals surface area contributed by atoms with Gasteiger partial charge in [0.1, 0.15) is 0 Å². The van der Waals surface area contributed by atoms with E-state index < -0.39 is 0 Å². The predicted octanol–water partition coefficient (Wildman–Crippen LogP) is -8.72. The molecule has 1 saturated heterocycles. The molecule has 1 fully saturated rings. The molecule has 25 heavy (non-hydrogen) atoms. The zero-order valence-corrected chi connectivity index (χ0v) is 18.7. The summed E-state index contributed by atoms with van der Waals surface area (Å²) in [6.07, 6.45) is 0. The maximum Gasteiger partial charge on any atom is 4.00 e. The van der Waals surface area contributed by atoms with Crippen LogP contribution in [0.1, 0.15) is 17.0 Å². The molecule has 0 aromatic heterocycles. The normalized spacial score (nSPS) is 18.5. The third kappa shape index (κ3) is 8.38. The zero-order chi connectivity index (χ0) is 13.9. The SMILES string of the molecule is NC1CN(Cc2ccccc2)CC1c1ccc(Cl)cc1.[Cl-].[Cl-].[Cl-].[Cl-].[Ti+4]. The van der Waals surface area contributed by atoms with Crippen molar-refractivity contribution in [2.75, 3.05) is 13.1 Å². The van der Waals surface area contributed by atoms with Crippen molar-refractivity contribution in [1.29, 1.82) is 0 Å². The Labute approximate surface area is 194 Å². The van der Waals surface area contributed by atoms with E-state index in [-0.39, 0.29) is 77.4 Å². The summed E-state index contributed by atoms with van der Waals surface area (Å²) < 4.78 is 0. The molecular weight excluding hydrogens is 457 g/mol. The van der Waals surface area contributed by atoms with Crippen LogP contribution < -0.4 is 55.4 Å². The Kier molecular flexibility index (Phi) is 17.6. The monoisotopic (exact) mass is 474 g/mol. The second-order valence-corrected chi connectivity index (χ2v) is 5.94. The Hall–Kier alpha value is 0.524. The average molecular weight is 476 g/mol. The number of halogens is 5. The van der Waals surface area contributed by atoms with E-state index in [1.165, 1.54) is 11.1 Å². The van der Waals surface area contributed by atoms with Crippen LogP contribution in [0.25, 0.3) is 0 Å². The molecule has 0 amide bonds. The minimum Gasteiger partial charge on any atom is -1.00 e. The average Bonchev–Trinajstić information content (AvgIpc) is 2.81. The Balaban J connectivity index is -0.000000968. The van der Waals surface area contributed by atoms with E-state index in [9.17, 15) is 0 Å². The number of nitrogens with two attached hydrogens (primary N) is 1. The van der Waals surface area contributed by atoms with Crippen molar-refractivity contribution in [2.45, 2.75) is 18.5 Å². The van der Waals surface area contributed by atoms with E-state index in [1.54, 1.807) is 0 Å². The van der Waals surface area contributed by atoms with E-state index in [4.69, 9.17) is 17.3 Å². The van der Waals surface area contributed by atoms with Gasteiger partial charge in [-0.1, -0.05) is 54.1 Å². The Morgan fingerprint density at radius 3 is 2.00 bits per heavy atom. The molecule has 2 aromatic rings. The van der Waals surface area contributed by atoms with Crippen LogP contribution in [0.2, 0.25) is 5.02 Å². The van der Waals surface area contributed by atoms with E-state index in [1.807, 2.05) is 12.1 Å². The molecule has 3 rings (SSSR count). The number of benzene rings is 2. The second kappa shape index (κ2) is 14.6. The van der Waals surface area contributed by atoms with Crippen molar-refractivity contribution in [3.8, 4) is 0 Å². The molecule has 8 heteroatoms. The van der Waals surface area contributed by atoms with E-state index >= 15 is 0 Å². The van der Waals surface area contributed by atoms with Crippen LogP contribution in [0, 0.1) is 0 Å². The number of hydrogen-bond acceptors (Lipinski definition) is 2. The largest absolute Gasteiger partial charge is 4.00 e. The molecule has 1 aliphatic rings. The molecule has 0 bridgehead atoms. The van der Waals surface area contributed by atoms with Crippen LogP contribution in [0.5, 0.6) is 0 Å². The van der Waals surface area contributed by atoms with Crippen LogP contribution in [0.4, 0.5) is 0 Å². The number of hydrogen-bond donors (Lipinski definition) is 1. The van der Waals surface area contributed by atoms with Gasteiger partial charge in [0.15, 0.2) is 0 Å². The van der Waals surface area contributed by atoms with Gasteiger partial charge in [-0.2, -0.15) is 0 Å². The third-order valence-corrected chi connectivity index (χ3v) is 4.24. The summed E-state index contributed by atoms with van der Waals surface area (Å²) in [6.45, 7) is 2.93. The van der Waals surface area contributed by atoms with Gasteiger partial charge in [-0.25, -0.2) is 0 Å². The van der Waals surface area contributed by atoms with Gasteiger partial charge in [0.2, 0.25) is 0 Å². The van der Waals surface area contributed by atoms with Gasteiger partial charge in [-0.15, -0.1) is 0 Å². The molecule has 2 unspecified atom stereocenters. The predicted molar refractivity (Wildman–Crippen MR) is 83.9 cm³/mol. The molecule has 1 aliphatic heterocycles. The van der Waals surface area contributed by atoms with E-state index in [0.717, 1.165) is 24.7 Å². The van der Waals surface area contributed by atoms with Crippen LogP contribution in [0.15, 0.2) is 54.6 Å². The molecular formula is C17H19Cl5N2Ti. The van der Waals surface area contributed by atoms with Gasteiger partial charge >= 0.3 is 21.7 Å². The van der Waals surface area contributed by atoms with Crippen LogP contribution in [-0.2, 0) is 28.3 Å². The molecule has 0 saturated carbocycles. The van der Waals surface area contributed by atoms with E-state index in [2.05, 4.69) is 47.4 Å². The van der Waals surface area contributed by atoms with Crippen molar-refractivity contribution in [3.63, 3.8) is 0 Å². The van der Waals surface area contributed by atoms with Crippen LogP contribution in [0.3, 0.4) is 0 Å². The molecule has 2 N–H and O–H groups in total. The third-order valence-electron chi connectivity index (χ3n) is 3.99. The fourth-order valence-corrected chi connectivity index (χ4v) is 3.07. The molecule has 0 spiro atoms. The van der Waals surface area contributed by atoms with Gasteiger partial charge in [-0.3, -0.25) is 4.90 Å². The Morgan fingerprint density at radius 1 is 0.880 bits per heavy atom. The first kappa shape index (κ1) is 30.3. The summed E-state index contributed by atoms with van der Waals surface area (Å²) in [7, 11) is 0. The van der Waals surface area contributed by atoms with Crippen LogP contribution in [-0.4, -0.2) is 24.0 Å². The van der Waals surface area contributed by atoms with Gasteiger partial charge < -0.3 is 55.4 Å². The molecule has 136 valence electrons. The van der Waals surface area contributed by atoms with Gasteiger partial charge in [-0.05, 0) is 23.3 Å². The molecule has 2 aromatic carbocycles. The molecule has 0 aliphatic carbocycles. The standard InChI is InChI=1S/C17H19ClN2.4ClH.Ti/c18-15-8-6-14(7-9-15)16-11-20(12-17(16)19)10-13-4-2-1-3-5-13;;;;;/h1-9,16-17H,10-12,19H2;4*1H;/q;;;;;+4/p-4. The molecule has 0 radical (unpaired) electrons. The number of likely N-dealkylation sites (tertiary alicyclic amines) is 1. The van der Waals surface area contributed by atoms with Crippen LogP contribution >= 0.6 is 11.6 Å². The molecule has 2 atom stereocenters. The van der Waals surface area contributed by atoms with Gasteiger partial charge in [0.05, 0.1) is 0 Å². The van der Waals surface area contributed by atoms with Crippen molar-refractivity contribution < 1.29 is 71.3 Å². The summed E-state index contributed by atoms with van der Waals surface area (Å²) >= 11 is 5.95. The van der Waals surface area contributed by atoms with E-state index in [0.29, 0.717) is 5.92 Å². The Morgan fingerprint density at radius 2 is 1.44 bits per heavy atom. The van der Waals surface area contributed by atoms with Gasteiger partial charge in [0.25, 0.3) is 0 Å². The molecule has 2 nitrogen and oxygen atoms in total. The molecule has 1 heterocycles. The first-order valence-corrected chi connectivity index (χ1v) is 7.37. The van der Waals surface area contributed by atoms with Crippen molar-refractivity contribution >= 4 is 11.6 Å². The topological polar surface area (TPSA) is 29.3 Å². The van der Waals surface area contributed by atoms with Crippen molar-refractivity contribution in [2.24, 2.45) is 5.73 Å². The smallest absolute Gasteiger partial charge is 1.00 e. The summed E-state index contributed by atoms with van der Waals surface area (Å²) in [5.41, 5.74) is 8.95. The maximum atomic E-state index is 6.32.